The molecule has 2 heteroatoms. The van der Waals surface area contributed by atoms with Gasteiger partial charge in [0.2, 0.25) is 0 Å². The van der Waals surface area contributed by atoms with E-state index < -0.39 is 0 Å². The van der Waals surface area contributed by atoms with Crippen molar-refractivity contribution in [1.82, 2.24) is 0 Å². The first-order valence-electron chi connectivity index (χ1n) is 2.84. The fraction of sp³-hybridized carbons (Fsp3) is 0.143. The molecule has 0 saturated carbocycles. The van der Waals surface area contributed by atoms with Crippen molar-refractivity contribution in [3.05, 3.63) is 35.9 Å². The van der Waals surface area contributed by atoms with E-state index in [1.54, 1.807) is 0 Å². The van der Waals surface area contributed by atoms with Gasteiger partial charge in [-0.15, -0.1) is 0 Å². The van der Waals surface area contributed by atoms with Crippen LogP contribution in [0, 0.1) is 0 Å². The molecule has 0 spiro atoms. The molecular formula is C7H7MgSe+. The van der Waals surface area contributed by atoms with Gasteiger partial charge >= 0.3 is 72.6 Å². The second-order valence-electron chi connectivity index (χ2n) is 1.83. The quantitative estimate of drug-likeness (QED) is 0.616. The molecule has 0 saturated heterocycles. The van der Waals surface area contributed by atoms with Gasteiger partial charge in [0, 0.05) is 0 Å². The van der Waals surface area contributed by atoms with Gasteiger partial charge in [-0.2, -0.15) is 0 Å². The zero-order valence-corrected chi connectivity index (χ0v) is 8.34. The number of hydrogen-bond donors (Lipinski definition) is 0. The summed E-state index contributed by atoms with van der Waals surface area (Å²) >= 11 is 2.90. The Hall–Kier alpha value is 0.506. The first-order valence-corrected chi connectivity index (χ1v) is 8.26. The minimum atomic E-state index is 0.807. The average Bonchev–Trinajstić information content (AvgIpc) is 1.91. The van der Waals surface area contributed by atoms with Crippen LogP contribution in [0.4, 0.5) is 0 Å². The molecule has 0 unspecified atom stereocenters. The van der Waals surface area contributed by atoms with Crippen LogP contribution in [0.5, 0.6) is 0 Å². The molecule has 0 aliphatic heterocycles. The third-order valence-corrected chi connectivity index (χ3v) is 3.30. The first kappa shape index (κ1) is 7.61. The van der Waals surface area contributed by atoms with Crippen LogP contribution in [0.15, 0.2) is 30.3 Å². The van der Waals surface area contributed by atoms with Gasteiger partial charge in [0.25, 0.3) is 0 Å². The normalized spacial score (nSPS) is 9.56. The fourth-order valence-corrected chi connectivity index (χ4v) is 2.82. The van der Waals surface area contributed by atoms with Crippen LogP contribution >= 0.6 is 0 Å². The predicted molar refractivity (Wildman–Crippen MR) is 41.7 cm³/mol. The summed E-state index contributed by atoms with van der Waals surface area (Å²) in [5, 5.41) is 1.28. The molecule has 0 aromatic heterocycles. The Balaban J connectivity index is 2.61. The van der Waals surface area contributed by atoms with Crippen LogP contribution in [-0.4, -0.2) is 31.4 Å². The SMILES string of the molecule is [Mg+][Se]Cc1ccccc1. The van der Waals surface area contributed by atoms with Crippen molar-refractivity contribution in [2.75, 3.05) is 0 Å². The molecule has 1 aromatic carbocycles. The molecule has 1 aromatic rings. The Morgan fingerprint density at radius 3 is 2.44 bits per heavy atom. The minimum absolute atomic E-state index is 0.807. The molecule has 0 bridgehead atoms. The second-order valence-corrected chi connectivity index (χ2v) is 5.42. The Bertz CT molecular complexity index is 162. The molecule has 0 radical (unpaired) electrons. The van der Waals surface area contributed by atoms with E-state index in [4.69, 9.17) is 0 Å². The summed E-state index contributed by atoms with van der Waals surface area (Å²) in [6.45, 7) is 0. The van der Waals surface area contributed by atoms with Crippen LogP contribution in [0.25, 0.3) is 0 Å². The van der Waals surface area contributed by atoms with E-state index in [0.717, 1.165) is 11.9 Å². The van der Waals surface area contributed by atoms with Crippen molar-refractivity contribution in [1.29, 1.82) is 0 Å². The van der Waals surface area contributed by atoms with Gasteiger partial charge in [0.15, 0.2) is 0 Å². The zero-order chi connectivity index (χ0) is 6.53. The van der Waals surface area contributed by atoms with Crippen molar-refractivity contribution >= 4 is 31.4 Å². The molecule has 1 rings (SSSR count). The maximum atomic E-state index is 2.19. The average molecular weight is 194 g/mol. The molecule has 0 N–H and O–H groups in total. The summed E-state index contributed by atoms with van der Waals surface area (Å²) in [5.41, 5.74) is 1.48. The Kier molecular flexibility index (Phi) is 3.67. The van der Waals surface area contributed by atoms with E-state index in [2.05, 4.69) is 49.8 Å². The fourth-order valence-electron chi connectivity index (χ4n) is 0.692. The number of hydrogen-bond acceptors (Lipinski definition) is 0. The van der Waals surface area contributed by atoms with Crippen LogP contribution in [0.2, 0.25) is 0 Å². The first-order chi connectivity index (χ1) is 4.43. The van der Waals surface area contributed by atoms with E-state index in [0.29, 0.717) is 0 Å². The van der Waals surface area contributed by atoms with Gasteiger partial charge in [0.05, 0.1) is 0 Å². The monoisotopic (exact) mass is 195 g/mol. The summed E-state index contributed by atoms with van der Waals surface area (Å²) < 4.78 is 0. The van der Waals surface area contributed by atoms with E-state index in [9.17, 15) is 0 Å². The molecule has 0 aliphatic carbocycles. The topological polar surface area (TPSA) is 0 Å². The van der Waals surface area contributed by atoms with Crippen LogP contribution in [-0.2, 0) is 5.32 Å². The van der Waals surface area contributed by atoms with Crippen molar-refractivity contribution < 1.29 is 0 Å². The van der Waals surface area contributed by atoms with E-state index >= 15 is 0 Å². The van der Waals surface area contributed by atoms with E-state index in [1.807, 2.05) is 0 Å². The van der Waals surface area contributed by atoms with Crippen molar-refractivity contribution in [3.8, 4) is 0 Å². The summed E-state index contributed by atoms with van der Waals surface area (Å²) in [5.74, 6) is 0. The van der Waals surface area contributed by atoms with Gasteiger partial charge in [-0.1, -0.05) is 0 Å². The summed E-state index contributed by atoms with van der Waals surface area (Å²) in [7, 11) is 0. The molecule has 0 fully saturated rings. The molecule has 0 aliphatic rings. The Morgan fingerprint density at radius 1 is 1.22 bits per heavy atom. The van der Waals surface area contributed by atoms with Gasteiger partial charge < -0.3 is 0 Å². The van der Waals surface area contributed by atoms with Crippen LogP contribution in [0.3, 0.4) is 0 Å². The van der Waals surface area contributed by atoms with Gasteiger partial charge in [-0.3, -0.25) is 0 Å². The molecule has 9 heavy (non-hydrogen) atoms. The van der Waals surface area contributed by atoms with E-state index in [1.165, 1.54) is 10.9 Å². The summed E-state index contributed by atoms with van der Waals surface area (Å²) in [6, 6.07) is 10.6. The number of benzene rings is 1. The third kappa shape index (κ3) is 2.72. The maximum absolute atomic E-state index is 2.19. The summed E-state index contributed by atoms with van der Waals surface area (Å²) in [4.78, 5) is 0. The Morgan fingerprint density at radius 2 is 1.89 bits per heavy atom. The van der Waals surface area contributed by atoms with Crippen LogP contribution < -0.4 is 0 Å². The van der Waals surface area contributed by atoms with Crippen molar-refractivity contribution in [2.24, 2.45) is 0 Å². The molecule has 0 amide bonds. The molecule has 0 atom stereocenters. The third-order valence-electron chi connectivity index (χ3n) is 1.11. The second kappa shape index (κ2) is 4.34. The standard InChI is InChI=1S/C7H8Se.Mg/c8-6-7-4-2-1-3-5-7;/h1-5,8H,6H2;/q;+2/p-1. The van der Waals surface area contributed by atoms with Crippen molar-refractivity contribution in [3.63, 3.8) is 0 Å². The molecular weight excluding hydrogens is 187 g/mol. The van der Waals surface area contributed by atoms with Gasteiger partial charge in [0.1, 0.15) is 0 Å². The van der Waals surface area contributed by atoms with Crippen molar-refractivity contribution in [2.45, 2.75) is 5.32 Å². The van der Waals surface area contributed by atoms with Gasteiger partial charge in [-0.25, -0.2) is 0 Å². The zero-order valence-electron chi connectivity index (χ0n) is 5.21. The van der Waals surface area contributed by atoms with E-state index in [-0.39, 0.29) is 0 Å². The molecule has 42 valence electrons. The Labute approximate surface area is 72.4 Å². The molecule has 0 heterocycles. The number of rotatable bonds is 2. The predicted octanol–water partition coefficient (Wildman–Crippen LogP) is 0.974. The van der Waals surface area contributed by atoms with Gasteiger partial charge in [-0.05, 0) is 0 Å². The summed E-state index contributed by atoms with van der Waals surface area (Å²) in [6.07, 6.45) is 0. The van der Waals surface area contributed by atoms with Crippen LogP contribution in [0.1, 0.15) is 5.56 Å². The molecule has 0 nitrogen and oxygen atoms in total.